The Labute approximate surface area is 199 Å². The molecule has 1 N–H and O–H groups in total. The van der Waals surface area contributed by atoms with E-state index in [0.29, 0.717) is 17.0 Å². The average Bonchev–Trinajstić information content (AvgIpc) is 3.22. The lowest BCUT2D eigenvalue weighted by molar-refractivity contribution is -0.174. The lowest BCUT2D eigenvalue weighted by Gasteiger charge is -2.28. The minimum Gasteiger partial charge on any atom is -0.484 e. The minimum atomic E-state index is -5.01. The lowest BCUT2D eigenvalue weighted by atomic mass is 9.96. The van der Waals surface area contributed by atoms with Crippen LogP contribution in [0.2, 0.25) is 0 Å². The van der Waals surface area contributed by atoms with Crippen molar-refractivity contribution in [2.24, 2.45) is 0 Å². The van der Waals surface area contributed by atoms with Gasteiger partial charge in [0.2, 0.25) is 0 Å². The first-order chi connectivity index (χ1) is 16.5. The van der Waals surface area contributed by atoms with Crippen LogP contribution < -0.4 is 10.1 Å². The van der Waals surface area contributed by atoms with Crippen LogP contribution >= 0.6 is 0 Å². The summed E-state index contributed by atoms with van der Waals surface area (Å²) in [6, 6.07) is 15.7. The fraction of sp³-hybridized carbons (Fsp3) is 0.231. The number of ether oxygens (including phenoxy) is 1. The van der Waals surface area contributed by atoms with Crippen LogP contribution in [0.3, 0.4) is 0 Å². The van der Waals surface area contributed by atoms with E-state index in [4.69, 9.17) is 4.74 Å². The van der Waals surface area contributed by atoms with E-state index in [1.54, 1.807) is 41.2 Å². The topological polar surface area (TPSA) is 56.1 Å². The van der Waals surface area contributed by atoms with Crippen molar-refractivity contribution in [2.45, 2.75) is 39.1 Å². The van der Waals surface area contributed by atoms with Gasteiger partial charge in [-0.05, 0) is 74.4 Å². The predicted molar refractivity (Wildman–Crippen MR) is 124 cm³/mol. The number of nitrogens with one attached hydrogen (secondary N) is 1. The zero-order chi connectivity index (χ0) is 25.3. The van der Waals surface area contributed by atoms with Crippen LogP contribution in [0.4, 0.5) is 17.6 Å². The number of carbonyl (C=O) groups is 1. The van der Waals surface area contributed by atoms with Crippen molar-refractivity contribution in [3.63, 3.8) is 0 Å². The van der Waals surface area contributed by atoms with Crippen LogP contribution in [0.5, 0.6) is 5.75 Å². The van der Waals surface area contributed by atoms with Crippen LogP contribution in [-0.4, -0.2) is 27.9 Å². The first-order valence-electron chi connectivity index (χ1n) is 10.9. The summed E-state index contributed by atoms with van der Waals surface area (Å²) in [6.45, 7) is 5.18. The smallest absolute Gasteiger partial charge is 0.471 e. The van der Waals surface area contributed by atoms with Gasteiger partial charge in [0, 0.05) is 5.39 Å². The number of amides is 1. The van der Waals surface area contributed by atoms with E-state index >= 15 is 0 Å². The molecule has 0 saturated carbocycles. The van der Waals surface area contributed by atoms with E-state index < -0.39 is 24.2 Å². The molecule has 1 aromatic heterocycles. The molecule has 1 amide bonds. The van der Waals surface area contributed by atoms with E-state index in [1.165, 1.54) is 19.1 Å². The Kier molecular flexibility index (Phi) is 6.51. The van der Waals surface area contributed by atoms with Gasteiger partial charge in [-0.15, -0.1) is 0 Å². The summed E-state index contributed by atoms with van der Waals surface area (Å²) in [7, 11) is 0. The largest absolute Gasteiger partial charge is 0.484 e. The Hall–Kier alpha value is -3.88. The number of rotatable bonds is 6. The highest BCUT2D eigenvalue weighted by Crippen LogP contribution is 2.31. The van der Waals surface area contributed by atoms with Gasteiger partial charge in [0.05, 0.1) is 23.4 Å². The number of fused-ring (bicyclic) bond motifs is 1. The highest BCUT2D eigenvalue weighted by atomic mass is 19.4. The SMILES string of the molecule is Cc1ccc(C)c([C@@H](Oc2ccc3c(cnn3-c3ccc(F)cc3)c2)C(C)NC(=O)C(F)(F)F)c1. The number of carbonyl (C=O) groups excluding carboxylic acids is 1. The number of aromatic nitrogens is 2. The number of aryl methyl sites for hydroxylation is 2. The molecule has 35 heavy (non-hydrogen) atoms. The number of alkyl halides is 3. The molecule has 0 bridgehead atoms. The Balaban J connectivity index is 1.68. The van der Waals surface area contributed by atoms with E-state index in [1.807, 2.05) is 37.4 Å². The van der Waals surface area contributed by atoms with Crippen molar-refractivity contribution in [1.29, 1.82) is 0 Å². The molecule has 5 nitrogen and oxygen atoms in total. The fourth-order valence-electron chi connectivity index (χ4n) is 3.88. The maximum atomic E-state index is 13.3. The van der Waals surface area contributed by atoms with Crippen LogP contribution in [0.1, 0.15) is 29.7 Å². The molecule has 3 aromatic carbocycles. The summed E-state index contributed by atoms with van der Waals surface area (Å²) in [4.78, 5) is 11.6. The average molecular weight is 485 g/mol. The molecular formula is C26H23F4N3O2. The number of hydrogen-bond acceptors (Lipinski definition) is 3. The van der Waals surface area contributed by atoms with E-state index in [-0.39, 0.29) is 5.82 Å². The monoisotopic (exact) mass is 485 g/mol. The van der Waals surface area contributed by atoms with Gasteiger partial charge < -0.3 is 10.1 Å². The van der Waals surface area contributed by atoms with Crippen molar-refractivity contribution >= 4 is 16.8 Å². The molecular weight excluding hydrogens is 462 g/mol. The molecule has 0 aliphatic rings. The zero-order valence-corrected chi connectivity index (χ0v) is 19.2. The Bertz CT molecular complexity index is 1360. The second-order valence-corrected chi connectivity index (χ2v) is 8.41. The normalized spacial score (nSPS) is 13.5. The maximum absolute atomic E-state index is 13.3. The van der Waals surface area contributed by atoms with Crippen LogP contribution in [0.25, 0.3) is 16.6 Å². The Morgan fingerprint density at radius 3 is 2.43 bits per heavy atom. The summed E-state index contributed by atoms with van der Waals surface area (Å²) in [5.74, 6) is -1.99. The van der Waals surface area contributed by atoms with Crippen LogP contribution in [0.15, 0.2) is 66.9 Å². The van der Waals surface area contributed by atoms with Crippen LogP contribution in [-0.2, 0) is 4.79 Å². The van der Waals surface area contributed by atoms with Gasteiger partial charge in [-0.1, -0.05) is 23.8 Å². The summed E-state index contributed by atoms with van der Waals surface area (Å²) < 4.78 is 59.8. The minimum absolute atomic E-state index is 0.356. The third-order valence-electron chi connectivity index (χ3n) is 5.69. The molecule has 0 radical (unpaired) electrons. The lowest BCUT2D eigenvalue weighted by Crippen LogP contribution is -2.45. The van der Waals surface area contributed by atoms with Gasteiger partial charge in [-0.2, -0.15) is 18.3 Å². The molecule has 0 aliphatic heterocycles. The van der Waals surface area contributed by atoms with Crippen molar-refractivity contribution in [3.05, 3.63) is 89.4 Å². The third-order valence-corrected chi connectivity index (χ3v) is 5.69. The second kappa shape index (κ2) is 9.40. The van der Waals surface area contributed by atoms with Gasteiger partial charge in [-0.25, -0.2) is 9.07 Å². The Morgan fingerprint density at radius 2 is 1.74 bits per heavy atom. The van der Waals surface area contributed by atoms with Gasteiger partial charge in [0.25, 0.3) is 0 Å². The second-order valence-electron chi connectivity index (χ2n) is 8.41. The summed E-state index contributed by atoms with van der Waals surface area (Å²) in [5, 5.41) is 7.10. The number of nitrogens with zero attached hydrogens (tertiary/aromatic N) is 2. The predicted octanol–water partition coefficient (Wildman–Crippen LogP) is 5.97. The summed E-state index contributed by atoms with van der Waals surface area (Å²) >= 11 is 0. The molecule has 0 spiro atoms. The van der Waals surface area contributed by atoms with E-state index in [2.05, 4.69) is 5.10 Å². The number of benzene rings is 3. The molecule has 1 heterocycles. The van der Waals surface area contributed by atoms with Crippen molar-refractivity contribution < 1.29 is 27.1 Å². The highest BCUT2D eigenvalue weighted by molar-refractivity contribution is 5.82. The molecule has 0 fully saturated rings. The molecule has 182 valence electrons. The molecule has 2 atom stereocenters. The molecule has 4 rings (SSSR count). The number of halogens is 4. The van der Waals surface area contributed by atoms with Gasteiger partial charge >= 0.3 is 12.1 Å². The first kappa shape index (κ1) is 24.3. The van der Waals surface area contributed by atoms with E-state index in [9.17, 15) is 22.4 Å². The number of hydrogen-bond donors (Lipinski definition) is 1. The Morgan fingerprint density at radius 1 is 1.03 bits per heavy atom. The van der Waals surface area contributed by atoms with Crippen molar-refractivity contribution in [3.8, 4) is 11.4 Å². The van der Waals surface area contributed by atoms with Crippen molar-refractivity contribution in [1.82, 2.24) is 15.1 Å². The van der Waals surface area contributed by atoms with Crippen molar-refractivity contribution in [2.75, 3.05) is 0 Å². The zero-order valence-electron chi connectivity index (χ0n) is 19.2. The molecule has 1 unspecified atom stereocenters. The first-order valence-corrected chi connectivity index (χ1v) is 10.9. The highest BCUT2D eigenvalue weighted by Gasteiger charge is 2.40. The molecule has 0 saturated heterocycles. The van der Waals surface area contributed by atoms with Gasteiger partial charge in [0.1, 0.15) is 17.7 Å². The quantitative estimate of drug-likeness (QED) is 0.343. The molecule has 4 aromatic rings. The van der Waals surface area contributed by atoms with Gasteiger partial charge in [0.15, 0.2) is 0 Å². The molecule has 9 heteroatoms. The fourth-order valence-corrected chi connectivity index (χ4v) is 3.88. The van der Waals surface area contributed by atoms with E-state index in [0.717, 1.165) is 22.0 Å². The summed E-state index contributed by atoms with van der Waals surface area (Å²) in [5.41, 5.74) is 3.81. The molecule has 0 aliphatic carbocycles. The van der Waals surface area contributed by atoms with Crippen LogP contribution in [0, 0.1) is 19.7 Å². The standard InChI is InChI=1S/C26H23F4N3O2/c1-15-4-5-16(2)22(12-15)24(17(3)32-25(34)26(28,29)30)35-21-10-11-23-18(13-21)14-31-33(23)20-8-6-19(27)7-9-20/h4-14,17,24H,1-3H3,(H,32,34)/t17?,24-/m0/s1. The third kappa shape index (κ3) is 5.29. The maximum Gasteiger partial charge on any atom is 0.471 e. The van der Waals surface area contributed by atoms with Gasteiger partial charge in [-0.3, -0.25) is 4.79 Å². The summed E-state index contributed by atoms with van der Waals surface area (Å²) in [6.07, 6.45) is -4.27.